The van der Waals surface area contributed by atoms with E-state index in [2.05, 4.69) is 15.1 Å². The van der Waals surface area contributed by atoms with Crippen molar-refractivity contribution in [3.63, 3.8) is 0 Å². The molecule has 0 saturated carbocycles. The van der Waals surface area contributed by atoms with Crippen molar-refractivity contribution in [2.75, 3.05) is 32.7 Å². The second-order valence-corrected chi connectivity index (χ2v) is 8.33. The smallest absolute Gasteiger partial charge is 0.234 e. The van der Waals surface area contributed by atoms with Crippen LogP contribution in [0.15, 0.2) is 18.2 Å². The number of carbonyl (C=O) groups excluding carboxylic acids is 1. The number of piperidine rings is 1. The van der Waals surface area contributed by atoms with Crippen LogP contribution in [-0.4, -0.2) is 54.5 Å². The zero-order valence-electron chi connectivity index (χ0n) is 16.4. The van der Waals surface area contributed by atoms with Crippen molar-refractivity contribution < 1.29 is 13.6 Å². The van der Waals surface area contributed by atoms with Crippen LogP contribution in [0, 0.1) is 23.5 Å². The van der Waals surface area contributed by atoms with Crippen LogP contribution in [0.5, 0.6) is 0 Å². The van der Waals surface area contributed by atoms with Crippen LogP contribution >= 0.6 is 0 Å². The van der Waals surface area contributed by atoms with Crippen LogP contribution < -0.4 is 5.32 Å². The fourth-order valence-electron chi connectivity index (χ4n) is 4.46. The number of hydrogen-bond acceptors (Lipinski definition) is 3. The minimum Gasteiger partial charge on any atom is -0.353 e. The lowest BCUT2D eigenvalue weighted by Gasteiger charge is -2.35. The average Bonchev–Trinajstić information content (AvgIpc) is 3.07. The molecule has 0 unspecified atom stereocenters. The van der Waals surface area contributed by atoms with E-state index in [9.17, 15) is 13.6 Å². The Kier molecular flexibility index (Phi) is 6.82. The molecule has 0 radical (unpaired) electrons. The highest BCUT2D eigenvalue weighted by Crippen LogP contribution is 2.32. The molecule has 0 aromatic heterocycles. The van der Waals surface area contributed by atoms with E-state index in [1.54, 1.807) is 12.1 Å². The van der Waals surface area contributed by atoms with Crippen LogP contribution in [0.2, 0.25) is 0 Å². The molecule has 2 heterocycles. The van der Waals surface area contributed by atoms with Gasteiger partial charge in [-0.2, -0.15) is 0 Å². The van der Waals surface area contributed by atoms with Gasteiger partial charge in [0, 0.05) is 24.7 Å². The van der Waals surface area contributed by atoms with E-state index in [0.29, 0.717) is 30.5 Å². The summed E-state index contributed by atoms with van der Waals surface area (Å²) >= 11 is 0. The van der Waals surface area contributed by atoms with Crippen molar-refractivity contribution in [3.05, 3.63) is 35.4 Å². The number of benzene rings is 1. The molecule has 1 N–H and O–H groups in total. The molecule has 2 fully saturated rings. The Bertz CT molecular complexity index is 644. The molecule has 1 aromatic rings. The lowest BCUT2D eigenvalue weighted by molar-refractivity contribution is -0.122. The van der Waals surface area contributed by atoms with Gasteiger partial charge in [0.2, 0.25) is 5.91 Å². The number of nitrogens with one attached hydrogen (secondary N) is 1. The van der Waals surface area contributed by atoms with Crippen molar-refractivity contribution in [1.82, 2.24) is 15.1 Å². The maximum Gasteiger partial charge on any atom is 0.234 e. The number of rotatable bonds is 6. The van der Waals surface area contributed by atoms with Crippen LogP contribution in [0.1, 0.15) is 38.7 Å². The van der Waals surface area contributed by atoms with Gasteiger partial charge in [-0.1, -0.05) is 12.1 Å². The molecular formula is C21H31F2N3O. The number of nitrogens with zero attached hydrogens (tertiary/aromatic N) is 2. The molecular weight excluding hydrogens is 348 g/mol. The first-order valence-electron chi connectivity index (χ1n) is 10.1. The van der Waals surface area contributed by atoms with Gasteiger partial charge < -0.3 is 5.32 Å². The third-order valence-corrected chi connectivity index (χ3v) is 5.85. The fourth-order valence-corrected chi connectivity index (χ4v) is 4.46. The van der Waals surface area contributed by atoms with E-state index in [4.69, 9.17) is 0 Å². The molecule has 2 aliphatic heterocycles. The monoisotopic (exact) mass is 379 g/mol. The lowest BCUT2D eigenvalue weighted by atomic mass is 9.83. The third-order valence-electron chi connectivity index (χ3n) is 5.85. The van der Waals surface area contributed by atoms with Crippen LogP contribution in [0.25, 0.3) is 0 Å². The number of likely N-dealkylation sites (tertiary alicyclic amines) is 2. The first-order valence-corrected chi connectivity index (χ1v) is 10.1. The maximum absolute atomic E-state index is 13.9. The van der Waals surface area contributed by atoms with Gasteiger partial charge in [0.1, 0.15) is 0 Å². The van der Waals surface area contributed by atoms with Crippen molar-refractivity contribution >= 4 is 5.91 Å². The minimum absolute atomic E-state index is 0.109. The molecule has 1 aromatic carbocycles. The predicted octanol–water partition coefficient (Wildman–Crippen LogP) is 3.02. The Hall–Kier alpha value is -1.53. The average molecular weight is 379 g/mol. The van der Waals surface area contributed by atoms with Crippen molar-refractivity contribution in [1.29, 1.82) is 0 Å². The normalized spacial score (nSPS) is 22.5. The van der Waals surface area contributed by atoms with Crippen LogP contribution in [-0.2, 0) is 11.3 Å². The number of hydrogen-bond donors (Lipinski definition) is 1. The van der Waals surface area contributed by atoms with E-state index in [0.717, 1.165) is 45.4 Å². The van der Waals surface area contributed by atoms with Gasteiger partial charge in [-0.15, -0.1) is 0 Å². The molecule has 1 atom stereocenters. The lowest BCUT2D eigenvalue weighted by Crippen LogP contribution is -2.40. The highest BCUT2D eigenvalue weighted by Gasteiger charge is 2.32. The quantitative estimate of drug-likeness (QED) is 0.825. The highest BCUT2D eigenvalue weighted by molar-refractivity contribution is 5.78. The molecule has 3 rings (SSSR count). The SMILES string of the molecule is CC(C)NC(=O)CN1CC[C@@H](C2CCN(Cc3cccc(F)c3F)CC2)C1. The first-order chi connectivity index (χ1) is 12.9. The molecule has 4 nitrogen and oxygen atoms in total. The Morgan fingerprint density at radius 1 is 1.11 bits per heavy atom. The van der Waals surface area contributed by atoms with Gasteiger partial charge in [-0.05, 0) is 70.6 Å². The van der Waals surface area contributed by atoms with E-state index >= 15 is 0 Å². The molecule has 27 heavy (non-hydrogen) atoms. The molecule has 6 heteroatoms. The van der Waals surface area contributed by atoms with Gasteiger partial charge >= 0.3 is 0 Å². The first kappa shape index (κ1) is 20.2. The van der Waals surface area contributed by atoms with Gasteiger partial charge in [-0.25, -0.2) is 8.78 Å². The third kappa shape index (κ3) is 5.48. The van der Waals surface area contributed by atoms with Gasteiger partial charge in [0.25, 0.3) is 0 Å². The van der Waals surface area contributed by atoms with Crippen molar-refractivity contribution in [2.24, 2.45) is 11.8 Å². The van der Waals surface area contributed by atoms with Crippen molar-refractivity contribution in [3.8, 4) is 0 Å². The molecule has 2 saturated heterocycles. The molecule has 0 spiro atoms. The Morgan fingerprint density at radius 2 is 1.78 bits per heavy atom. The summed E-state index contributed by atoms with van der Waals surface area (Å²) in [5.74, 6) is -0.0695. The number of amides is 1. The topological polar surface area (TPSA) is 35.6 Å². The van der Waals surface area contributed by atoms with Crippen molar-refractivity contribution in [2.45, 2.75) is 45.7 Å². The molecule has 1 amide bonds. The number of carbonyl (C=O) groups is 1. The van der Waals surface area contributed by atoms with Gasteiger partial charge in [0.15, 0.2) is 11.6 Å². The summed E-state index contributed by atoms with van der Waals surface area (Å²) in [5.41, 5.74) is 0.441. The summed E-state index contributed by atoms with van der Waals surface area (Å²) in [5, 5.41) is 2.96. The Balaban J connectivity index is 1.43. The molecule has 150 valence electrons. The second-order valence-electron chi connectivity index (χ2n) is 8.33. The van der Waals surface area contributed by atoms with E-state index in [1.165, 1.54) is 6.07 Å². The second kappa shape index (κ2) is 9.11. The summed E-state index contributed by atoms with van der Waals surface area (Å²) in [6, 6.07) is 4.59. The predicted molar refractivity (Wildman–Crippen MR) is 102 cm³/mol. The highest BCUT2D eigenvalue weighted by atomic mass is 19.2. The fraction of sp³-hybridized carbons (Fsp3) is 0.667. The Morgan fingerprint density at radius 3 is 2.48 bits per heavy atom. The largest absolute Gasteiger partial charge is 0.353 e. The summed E-state index contributed by atoms with van der Waals surface area (Å²) in [6.07, 6.45) is 3.33. The number of halogens is 2. The maximum atomic E-state index is 13.9. The summed E-state index contributed by atoms with van der Waals surface area (Å²) in [4.78, 5) is 16.4. The summed E-state index contributed by atoms with van der Waals surface area (Å²) in [6.45, 7) is 8.76. The zero-order valence-corrected chi connectivity index (χ0v) is 16.4. The van der Waals surface area contributed by atoms with Gasteiger partial charge in [-0.3, -0.25) is 14.6 Å². The molecule has 0 bridgehead atoms. The van der Waals surface area contributed by atoms with Crippen LogP contribution in [0.3, 0.4) is 0 Å². The summed E-state index contributed by atoms with van der Waals surface area (Å²) < 4.78 is 27.2. The minimum atomic E-state index is -0.769. The van der Waals surface area contributed by atoms with Crippen LogP contribution in [0.4, 0.5) is 8.78 Å². The summed E-state index contributed by atoms with van der Waals surface area (Å²) in [7, 11) is 0. The Labute approximate surface area is 160 Å². The molecule has 2 aliphatic rings. The zero-order chi connectivity index (χ0) is 19.4. The molecule has 0 aliphatic carbocycles. The van der Waals surface area contributed by atoms with E-state index < -0.39 is 11.6 Å². The van der Waals surface area contributed by atoms with E-state index in [-0.39, 0.29) is 11.9 Å². The van der Waals surface area contributed by atoms with Gasteiger partial charge in [0.05, 0.1) is 6.54 Å². The standard InChI is InChI=1S/C21H31F2N3O/c1-15(2)24-20(27)14-26-11-8-17(12-26)16-6-9-25(10-7-16)13-18-4-3-5-19(22)21(18)23/h3-5,15-17H,6-14H2,1-2H3,(H,24,27)/t17-/m1/s1. The van der Waals surface area contributed by atoms with E-state index in [1.807, 2.05) is 13.8 Å².